The molecule has 0 aliphatic carbocycles. The monoisotopic (exact) mass is 367 g/mol. The summed E-state index contributed by atoms with van der Waals surface area (Å²) in [7, 11) is 1.95. The molecule has 0 fully saturated rings. The Hall–Kier alpha value is -3.20. The number of pyridine rings is 2. The van der Waals surface area contributed by atoms with Crippen LogP contribution in [0.3, 0.4) is 0 Å². The van der Waals surface area contributed by atoms with Crippen molar-refractivity contribution in [3.63, 3.8) is 0 Å². The lowest BCUT2D eigenvalue weighted by Crippen LogP contribution is -2.30. The Morgan fingerprint density at radius 1 is 0.821 bits per heavy atom. The molecule has 0 aliphatic rings. The summed E-state index contributed by atoms with van der Waals surface area (Å²) in [6.45, 7) is 6.52. The molecule has 0 radical (unpaired) electrons. The first kappa shape index (κ1) is 15.8. The summed E-state index contributed by atoms with van der Waals surface area (Å²) in [6.07, 6.45) is 1.61. The molecule has 28 heavy (non-hydrogen) atoms. The van der Waals surface area contributed by atoms with E-state index in [1.165, 1.54) is 43.9 Å². The molecule has 136 valence electrons. The molecule has 0 spiro atoms. The lowest BCUT2D eigenvalue weighted by atomic mass is 9.95. The average Bonchev–Trinajstić information content (AvgIpc) is 3.01. The van der Waals surface area contributed by atoms with Gasteiger partial charge in [0.2, 0.25) is 11.7 Å². The predicted octanol–water partition coefficient (Wildman–Crippen LogP) is 5.88. The van der Waals surface area contributed by atoms with Gasteiger partial charge in [-0.05, 0) is 43.5 Å². The Labute approximate surface area is 161 Å². The topological polar surface area (TPSA) is 8.29 Å². The van der Waals surface area contributed by atoms with Crippen LogP contribution in [0.4, 0.5) is 4.39 Å². The molecule has 0 aliphatic heterocycles. The summed E-state index contributed by atoms with van der Waals surface area (Å²) in [5, 5.41) is 5.30. The Morgan fingerprint density at radius 3 is 2.39 bits per heavy atom. The highest BCUT2D eigenvalue weighted by Crippen LogP contribution is 2.42. The summed E-state index contributed by atoms with van der Waals surface area (Å²) in [6, 6.07) is 14.8. The van der Waals surface area contributed by atoms with E-state index in [9.17, 15) is 4.39 Å². The van der Waals surface area contributed by atoms with Crippen molar-refractivity contribution >= 4 is 49.0 Å². The first-order chi connectivity index (χ1) is 13.5. The Bertz CT molecular complexity index is 1600. The Morgan fingerprint density at radius 2 is 1.57 bits per heavy atom. The molecular formula is C25H20FN2+. The van der Waals surface area contributed by atoms with Gasteiger partial charge in [-0.2, -0.15) is 8.96 Å². The molecule has 3 heterocycles. The largest absolute Gasteiger partial charge is 0.307 e. The summed E-state index contributed by atoms with van der Waals surface area (Å²) >= 11 is 0. The fraction of sp³-hybridized carbons (Fsp3) is 0.160. The van der Waals surface area contributed by atoms with Crippen LogP contribution in [0.15, 0.2) is 48.7 Å². The molecule has 0 atom stereocenters. The number of para-hydroxylation sites is 1. The van der Waals surface area contributed by atoms with E-state index >= 15 is 0 Å². The van der Waals surface area contributed by atoms with Crippen LogP contribution < -0.4 is 4.57 Å². The number of benzene rings is 3. The quantitative estimate of drug-likeness (QED) is 0.180. The zero-order valence-corrected chi connectivity index (χ0v) is 16.4. The lowest BCUT2D eigenvalue weighted by molar-refractivity contribution is -0.645. The second-order valence-electron chi connectivity index (χ2n) is 8.03. The van der Waals surface area contributed by atoms with E-state index in [0.717, 1.165) is 16.4 Å². The minimum Gasteiger partial charge on any atom is -0.307 e. The number of hydrogen-bond donors (Lipinski definition) is 0. The summed E-state index contributed by atoms with van der Waals surface area (Å²) in [4.78, 5) is 0. The minimum atomic E-state index is -0.176. The summed E-state index contributed by atoms with van der Waals surface area (Å²) in [5.41, 5.74) is 8.38. The van der Waals surface area contributed by atoms with Gasteiger partial charge in [0.05, 0.1) is 27.3 Å². The lowest BCUT2D eigenvalue weighted by Gasteiger charge is -2.16. The van der Waals surface area contributed by atoms with Gasteiger partial charge in [-0.3, -0.25) is 0 Å². The van der Waals surface area contributed by atoms with Crippen LogP contribution in [-0.4, -0.2) is 4.40 Å². The van der Waals surface area contributed by atoms with Crippen LogP contribution in [-0.2, 0) is 7.05 Å². The van der Waals surface area contributed by atoms with E-state index in [2.05, 4.69) is 61.6 Å². The molecule has 2 nitrogen and oxygen atoms in total. The molecule has 0 saturated heterocycles. The molecule has 0 bridgehead atoms. The summed E-state index contributed by atoms with van der Waals surface area (Å²) in [5.74, 6) is -0.176. The zero-order chi connectivity index (χ0) is 19.3. The number of fused-ring (bicyclic) bond motifs is 6. The number of nitrogens with zero attached hydrogens (tertiary/aromatic N) is 2. The van der Waals surface area contributed by atoms with Crippen molar-refractivity contribution in [2.45, 2.75) is 20.8 Å². The van der Waals surface area contributed by atoms with Gasteiger partial charge in [0.25, 0.3) is 0 Å². The van der Waals surface area contributed by atoms with E-state index < -0.39 is 0 Å². The molecule has 3 heteroatoms. The molecule has 0 unspecified atom stereocenters. The van der Waals surface area contributed by atoms with Crippen LogP contribution in [0.1, 0.15) is 16.7 Å². The second-order valence-corrected chi connectivity index (χ2v) is 8.03. The number of aromatic nitrogens is 2. The van der Waals surface area contributed by atoms with Crippen LogP contribution in [0.5, 0.6) is 0 Å². The Kier molecular flexibility index (Phi) is 2.82. The van der Waals surface area contributed by atoms with Crippen molar-refractivity contribution < 1.29 is 8.96 Å². The highest BCUT2D eigenvalue weighted by atomic mass is 19.1. The van der Waals surface area contributed by atoms with Crippen molar-refractivity contribution in [3.05, 3.63) is 71.2 Å². The normalized spacial score (nSPS) is 12.5. The fourth-order valence-electron chi connectivity index (χ4n) is 5.16. The van der Waals surface area contributed by atoms with Crippen molar-refractivity contribution in [2.24, 2.45) is 7.05 Å². The maximum Gasteiger partial charge on any atom is 0.224 e. The van der Waals surface area contributed by atoms with Crippen LogP contribution in [0, 0.1) is 26.6 Å². The van der Waals surface area contributed by atoms with Crippen molar-refractivity contribution in [2.75, 3.05) is 0 Å². The molecule has 0 amide bonds. The Balaban J connectivity index is 2.18. The van der Waals surface area contributed by atoms with E-state index in [1.807, 2.05) is 17.7 Å². The molecule has 0 saturated carbocycles. The van der Waals surface area contributed by atoms with E-state index in [1.54, 1.807) is 6.20 Å². The van der Waals surface area contributed by atoms with Crippen molar-refractivity contribution in [3.8, 4) is 0 Å². The molecule has 0 N–H and O–H groups in total. The predicted molar refractivity (Wildman–Crippen MR) is 114 cm³/mol. The number of rotatable bonds is 0. The molecule has 3 aromatic heterocycles. The molecule has 3 aromatic carbocycles. The zero-order valence-electron chi connectivity index (χ0n) is 16.4. The molecule has 6 aromatic rings. The van der Waals surface area contributed by atoms with E-state index in [4.69, 9.17) is 0 Å². The number of aryl methyl sites for hydroxylation is 4. The van der Waals surface area contributed by atoms with Gasteiger partial charge >= 0.3 is 0 Å². The van der Waals surface area contributed by atoms with Crippen LogP contribution >= 0.6 is 0 Å². The van der Waals surface area contributed by atoms with Gasteiger partial charge in [0.1, 0.15) is 7.05 Å². The average molecular weight is 367 g/mol. The third kappa shape index (κ3) is 1.66. The fourth-order valence-corrected chi connectivity index (χ4v) is 5.16. The van der Waals surface area contributed by atoms with Crippen molar-refractivity contribution in [1.82, 2.24) is 4.40 Å². The smallest absolute Gasteiger partial charge is 0.224 e. The standard InChI is InChI=1S/C25H20FN2/c1-13-11-14(2)23-21(15(13)3)25-22-18(19(26)12-27(25)4)10-9-17-16-7-5-6-8-20(16)28(23)24(17)22/h5-12H,1-4H3/q+1. The SMILES string of the molecule is Cc1cc(C)c2c(c1C)c1c3c(ccc4c5ccccc5n2c43)c(F)c[n+]1C. The van der Waals surface area contributed by atoms with Gasteiger partial charge < -0.3 is 4.40 Å². The van der Waals surface area contributed by atoms with Gasteiger partial charge in [-0.1, -0.05) is 36.4 Å². The van der Waals surface area contributed by atoms with Crippen LogP contribution in [0.2, 0.25) is 0 Å². The first-order valence-corrected chi connectivity index (χ1v) is 9.64. The number of hydrogen-bond acceptors (Lipinski definition) is 0. The highest BCUT2D eigenvalue weighted by Gasteiger charge is 2.26. The maximum absolute atomic E-state index is 15.0. The van der Waals surface area contributed by atoms with Gasteiger partial charge in [-0.25, -0.2) is 0 Å². The summed E-state index contributed by atoms with van der Waals surface area (Å²) < 4.78 is 19.3. The van der Waals surface area contributed by atoms with E-state index in [-0.39, 0.29) is 5.82 Å². The first-order valence-electron chi connectivity index (χ1n) is 9.64. The highest BCUT2D eigenvalue weighted by molar-refractivity contribution is 6.27. The third-order valence-corrected chi connectivity index (χ3v) is 6.46. The van der Waals surface area contributed by atoms with Crippen LogP contribution in [0.25, 0.3) is 49.0 Å². The molecule has 6 rings (SSSR count). The van der Waals surface area contributed by atoms with Gasteiger partial charge in [0, 0.05) is 16.2 Å². The van der Waals surface area contributed by atoms with Gasteiger partial charge in [0.15, 0.2) is 5.82 Å². The van der Waals surface area contributed by atoms with Gasteiger partial charge in [-0.15, -0.1) is 0 Å². The second kappa shape index (κ2) is 4.99. The van der Waals surface area contributed by atoms with Crippen molar-refractivity contribution in [1.29, 1.82) is 0 Å². The maximum atomic E-state index is 15.0. The van der Waals surface area contributed by atoms with E-state index in [0.29, 0.717) is 5.39 Å². The molecular weight excluding hydrogens is 347 g/mol. The third-order valence-electron chi connectivity index (χ3n) is 6.46. The minimum absolute atomic E-state index is 0.176. The number of halogens is 1.